The molecule has 132 valence electrons. The summed E-state index contributed by atoms with van der Waals surface area (Å²) < 4.78 is 29.1. The molecule has 1 atom stereocenters. The Labute approximate surface area is 143 Å². The van der Waals surface area contributed by atoms with E-state index in [4.69, 9.17) is 4.74 Å². The Balaban J connectivity index is 1.61. The molecule has 1 saturated carbocycles. The molecule has 1 fully saturated rings. The van der Waals surface area contributed by atoms with Crippen molar-refractivity contribution in [1.29, 1.82) is 0 Å². The number of ether oxygens (including phenoxy) is 1. The SMILES string of the molecule is CC1Cc2cc(CC(=O)NCC3(S(C)(=O)=O)CCCC3)ccc2O1. The van der Waals surface area contributed by atoms with Crippen LogP contribution in [0.1, 0.15) is 43.7 Å². The van der Waals surface area contributed by atoms with Crippen LogP contribution in [0.15, 0.2) is 18.2 Å². The summed E-state index contributed by atoms with van der Waals surface area (Å²) in [5, 5.41) is 2.85. The van der Waals surface area contributed by atoms with Crippen LogP contribution in [0.2, 0.25) is 0 Å². The van der Waals surface area contributed by atoms with Crippen LogP contribution < -0.4 is 10.1 Å². The molecule has 1 aliphatic carbocycles. The third-order valence-electron chi connectivity index (χ3n) is 5.23. The third kappa shape index (κ3) is 3.43. The summed E-state index contributed by atoms with van der Waals surface area (Å²) in [6.45, 7) is 2.24. The van der Waals surface area contributed by atoms with Crippen LogP contribution in [0.25, 0.3) is 0 Å². The zero-order valence-electron chi connectivity index (χ0n) is 14.3. The van der Waals surface area contributed by atoms with Gasteiger partial charge in [-0.1, -0.05) is 25.0 Å². The fourth-order valence-electron chi connectivity index (χ4n) is 3.79. The maximum absolute atomic E-state index is 12.3. The predicted molar refractivity (Wildman–Crippen MR) is 93.0 cm³/mol. The zero-order valence-corrected chi connectivity index (χ0v) is 15.1. The zero-order chi connectivity index (χ0) is 17.4. The topological polar surface area (TPSA) is 72.5 Å². The highest BCUT2D eigenvalue weighted by Gasteiger charge is 2.43. The second-order valence-electron chi connectivity index (χ2n) is 7.19. The van der Waals surface area contributed by atoms with Crippen molar-refractivity contribution in [3.05, 3.63) is 29.3 Å². The van der Waals surface area contributed by atoms with Gasteiger partial charge < -0.3 is 10.1 Å². The van der Waals surface area contributed by atoms with Crippen LogP contribution >= 0.6 is 0 Å². The van der Waals surface area contributed by atoms with E-state index in [0.717, 1.165) is 36.1 Å². The summed E-state index contributed by atoms with van der Waals surface area (Å²) in [5.74, 6) is 0.769. The summed E-state index contributed by atoms with van der Waals surface area (Å²) in [4.78, 5) is 12.3. The number of benzene rings is 1. The van der Waals surface area contributed by atoms with E-state index in [1.54, 1.807) is 0 Å². The molecule has 1 amide bonds. The Morgan fingerprint density at radius 2 is 2.04 bits per heavy atom. The maximum atomic E-state index is 12.3. The summed E-state index contributed by atoms with van der Waals surface area (Å²) in [6, 6.07) is 5.83. The highest BCUT2D eigenvalue weighted by molar-refractivity contribution is 7.92. The Kier molecular flexibility index (Phi) is 4.60. The van der Waals surface area contributed by atoms with E-state index in [1.807, 2.05) is 25.1 Å². The molecule has 0 aromatic heterocycles. The van der Waals surface area contributed by atoms with Crippen molar-refractivity contribution in [2.75, 3.05) is 12.8 Å². The van der Waals surface area contributed by atoms with Gasteiger partial charge in [0.05, 0.1) is 11.2 Å². The van der Waals surface area contributed by atoms with Gasteiger partial charge in [0.25, 0.3) is 0 Å². The van der Waals surface area contributed by atoms with E-state index < -0.39 is 14.6 Å². The minimum atomic E-state index is -3.18. The van der Waals surface area contributed by atoms with Gasteiger partial charge in [-0.05, 0) is 37.0 Å². The Morgan fingerprint density at radius 3 is 2.71 bits per heavy atom. The van der Waals surface area contributed by atoms with Crippen LogP contribution in [-0.2, 0) is 27.5 Å². The predicted octanol–water partition coefficient (Wildman–Crippen LogP) is 2.03. The second kappa shape index (κ2) is 6.39. The van der Waals surface area contributed by atoms with E-state index in [1.165, 1.54) is 6.26 Å². The van der Waals surface area contributed by atoms with Gasteiger partial charge in [0.1, 0.15) is 11.9 Å². The smallest absolute Gasteiger partial charge is 0.224 e. The van der Waals surface area contributed by atoms with Gasteiger partial charge in [0.2, 0.25) is 5.91 Å². The number of carbonyl (C=O) groups excluding carboxylic acids is 1. The van der Waals surface area contributed by atoms with Crippen molar-refractivity contribution >= 4 is 15.7 Å². The van der Waals surface area contributed by atoms with E-state index in [9.17, 15) is 13.2 Å². The summed E-state index contributed by atoms with van der Waals surface area (Å²) in [7, 11) is -3.18. The Hall–Kier alpha value is -1.56. The van der Waals surface area contributed by atoms with Crippen molar-refractivity contribution in [3.63, 3.8) is 0 Å². The van der Waals surface area contributed by atoms with Crippen LogP contribution in [-0.4, -0.2) is 38.0 Å². The van der Waals surface area contributed by atoms with Crippen LogP contribution in [0.4, 0.5) is 0 Å². The first-order valence-corrected chi connectivity index (χ1v) is 10.4. The van der Waals surface area contributed by atoms with Crippen LogP contribution in [0.3, 0.4) is 0 Å². The largest absolute Gasteiger partial charge is 0.490 e. The van der Waals surface area contributed by atoms with E-state index in [0.29, 0.717) is 12.8 Å². The molecular formula is C18H25NO4S. The van der Waals surface area contributed by atoms with Crippen molar-refractivity contribution in [2.45, 2.75) is 56.3 Å². The minimum Gasteiger partial charge on any atom is -0.490 e. The fourth-order valence-corrected chi connectivity index (χ4v) is 5.16. The third-order valence-corrected chi connectivity index (χ3v) is 7.36. The number of carbonyl (C=O) groups is 1. The number of fused-ring (bicyclic) bond motifs is 1. The lowest BCUT2D eigenvalue weighted by Crippen LogP contribution is -2.46. The van der Waals surface area contributed by atoms with Gasteiger partial charge in [-0.15, -0.1) is 0 Å². The lowest BCUT2D eigenvalue weighted by atomic mass is 10.0. The van der Waals surface area contributed by atoms with Gasteiger partial charge in [0, 0.05) is 19.2 Å². The second-order valence-corrected chi connectivity index (χ2v) is 9.60. The lowest BCUT2D eigenvalue weighted by Gasteiger charge is -2.27. The number of hydrogen-bond acceptors (Lipinski definition) is 4. The maximum Gasteiger partial charge on any atom is 0.224 e. The van der Waals surface area contributed by atoms with E-state index >= 15 is 0 Å². The number of hydrogen-bond donors (Lipinski definition) is 1. The number of sulfone groups is 1. The molecule has 24 heavy (non-hydrogen) atoms. The molecule has 5 nitrogen and oxygen atoms in total. The van der Waals surface area contributed by atoms with Gasteiger partial charge in [0.15, 0.2) is 9.84 Å². The standard InChI is InChI=1S/C18H25NO4S/c1-13-9-15-10-14(5-6-16(15)23-13)11-17(20)19-12-18(24(2,21)22)7-3-4-8-18/h5-6,10,13H,3-4,7-9,11-12H2,1-2H3,(H,19,20). The Morgan fingerprint density at radius 1 is 1.33 bits per heavy atom. The molecule has 1 aromatic carbocycles. The highest BCUT2D eigenvalue weighted by atomic mass is 32.2. The van der Waals surface area contributed by atoms with Gasteiger partial charge in [-0.3, -0.25) is 4.79 Å². The van der Waals surface area contributed by atoms with Crippen LogP contribution in [0, 0.1) is 0 Å². The van der Waals surface area contributed by atoms with Gasteiger partial charge in [-0.25, -0.2) is 8.42 Å². The molecule has 0 spiro atoms. The lowest BCUT2D eigenvalue weighted by molar-refractivity contribution is -0.120. The molecule has 2 aliphatic rings. The van der Waals surface area contributed by atoms with Crippen molar-refractivity contribution < 1.29 is 17.9 Å². The molecular weight excluding hydrogens is 326 g/mol. The molecule has 1 N–H and O–H groups in total. The first-order valence-electron chi connectivity index (χ1n) is 8.54. The van der Waals surface area contributed by atoms with Crippen LogP contribution in [0.5, 0.6) is 5.75 Å². The number of amides is 1. The number of nitrogens with one attached hydrogen (secondary N) is 1. The quantitative estimate of drug-likeness (QED) is 0.881. The Bertz CT molecular complexity index is 735. The van der Waals surface area contributed by atoms with E-state index in [2.05, 4.69) is 5.32 Å². The molecule has 1 aromatic rings. The van der Waals surface area contributed by atoms with Gasteiger partial charge in [-0.2, -0.15) is 0 Å². The fraction of sp³-hybridized carbons (Fsp3) is 0.611. The molecule has 6 heteroatoms. The molecule has 3 rings (SSSR count). The molecule has 1 heterocycles. The molecule has 0 saturated heterocycles. The average Bonchev–Trinajstić information content (AvgIpc) is 3.10. The van der Waals surface area contributed by atoms with E-state index in [-0.39, 0.29) is 25.0 Å². The van der Waals surface area contributed by atoms with Gasteiger partial charge >= 0.3 is 0 Å². The minimum absolute atomic E-state index is 0.128. The highest BCUT2D eigenvalue weighted by Crippen LogP contribution is 2.36. The molecule has 0 bridgehead atoms. The first kappa shape index (κ1) is 17.3. The summed E-state index contributed by atoms with van der Waals surface area (Å²) >= 11 is 0. The first-order chi connectivity index (χ1) is 11.3. The summed E-state index contributed by atoms with van der Waals surface area (Å²) in [6.07, 6.45) is 5.69. The average molecular weight is 351 g/mol. The van der Waals surface area contributed by atoms with Crippen molar-refractivity contribution in [3.8, 4) is 5.75 Å². The summed E-state index contributed by atoms with van der Waals surface area (Å²) in [5.41, 5.74) is 2.07. The normalized spacial score (nSPS) is 22.0. The van der Waals surface area contributed by atoms with Crippen molar-refractivity contribution in [2.24, 2.45) is 0 Å². The number of rotatable bonds is 5. The molecule has 0 radical (unpaired) electrons. The monoisotopic (exact) mass is 351 g/mol. The van der Waals surface area contributed by atoms with Crippen molar-refractivity contribution in [1.82, 2.24) is 5.32 Å². The molecule has 1 unspecified atom stereocenters. The molecule has 1 aliphatic heterocycles.